The molecule has 0 radical (unpaired) electrons. The molecule has 0 aliphatic carbocycles. The summed E-state index contributed by atoms with van der Waals surface area (Å²) >= 11 is 12.6. The molecule has 0 aliphatic heterocycles. The highest BCUT2D eigenvalue weighted by atomic mass is 35.5. The Balaban J connectivity index is 1.90. The molecule has 0 bridgehead atoms. The fraction of sp³-hybridized carbons (Fsp3) is 0.190. The van der Waals surface area contributed by atoms with Crippen LogP contribution in [0.1, 0.15) is 30.8 Å². The normalized spacial score (nSPS) is 12.3. The summed E-state index contributed by atoms with van der Waals surface area (Å²) in [5.41, 5.74) is 12.4. The zero-order chi connectivity index (χ0) is 24.1. The van der Waals surface area contributed by atoms with Gasteiger partial charge in [0.25, 0.3) is 0 Å². The standard InChI is InChI=1S/C21H20Cl2FN7O2/c1-10(27-21(26)30-29-18(32)5-6-25)14-4-3-12(7-16(14)23)15-8-13(22)9-17(24)19(15)20-28-11(2)33-31-20/h3-4,6-10,25H,5H2,1-2H3,(H,29,32)(H3,26,27,30). The number of carbonyl (C=O) groups is 1. The van der Waals surface area contributed by atoms with E-state index in [1.54, 1.807) is 38.1 Å². The van der Waals surface area contributed by atoms with Crippen LogP contribution in [0.5, 0.6) is 0 Å². The van der Waals surface area contributed by atoms with Gasteiger partial charge in [-0.2, -0.15) is 4.98 Å². The van der Waals surface area contributed by atoms with E-state index in [-0.39, 0.29) is 28.8 Å². The predicted molar refractivity (Wildman–Crippen MR) is 125 cm³/mol. The Kier molecular flexibility index (Phi) is 7.62. The Bertz CT molecular complexity index is 1230. The molecule has 0 aliphatic rings. The van der Waals surface area contributed by atoms with Crippen LogP contribution in [-0.2, 0) is 4.79 Å². The number of hydrazine groups is 1. The molecule has 1 heterocycles. The molecule has 3 rings (SSSR count). The second-order valence-electron chi connectivity index (χ2n) is 6.96. The lowest BCUT2D eigenvalue weighted by molar-refractivity contribution is -0.120. The van der Waals surface area contributed by atoms with E-state index in [4.69, 9.17) is 38.9 Å². The number of nitrogens with one attached hydrogen (secondary N) is 3. The molecule has 0 spiro atoms. The van der Waals surface area contributed by atoms with E-state index in [1.807, 2.05) is 0 Å². The summed E-state index contributed by atoms with van der Waals surface area (Å²) in [5.74, 6) is -0.670. The SMILES string of the molecule is Cc1nc(-c2c(F)cc(Cl)cc2-c2ccc(C(C)N=C(N)NNC(=O)CC=N)c(Cl)c2)no1. The molecular formula is C21H20Cl2FN7O2. The maximum Gasteiger partial charge on any atom is 0.243 e. The molecule has 5 N–H and O–H groups in total. The first-order valence-electron chi connectivity index (χ1n) is 9.66. The molecule has 1 unspecified atom stereocenters. The van der Waals surface area contributed by atoms with Gasteiger partial charge in [0, 0.05) is 23.2 Å². The molecule has 172 valence electrons. The molecule has 0 saturated carbocycles. The molecule has 3 aromatic rings. The molecule has 9 nitrogen and oxygen atoms in total. The van der Waals surface area contributed by atoms with Gasteiger partial charge in [-0.1, -0.05) is 40.5 Å². The number of hydrogen-bond acceptors (Lipinski definition) is 6. The van der Waals surface area contributed by atoms with E-state index in [0.717, 1.165) is 6.21 Å². The van der Waals surface area contributed by atoms with Gasteiger partial charge in [0.05, 0.1) is 18.0 Å². The third kappa shape index (κ3) is 5.85. The van der Waals surface area contributed by atoms with Crippen LogP contribution in [0.3, 0.4) is 0 Å². The second-order valence-corrected chi connectivity index (χ2v) is 7.80. The van der Waals surface area contributed by atoms with Gasteiger partial charge in [0.1, 0.15) is 5.82 Å². The lowest BCUT2D eigenvalue weighted by Crippen LogP contribution is -2.45. The highest BCUT2D eigenvalue weighted by Crippen LogP contribution is 2.38. The number of aliphatic imine (C=N–C) groups is 1. The van der Waals surface area contributed by atoms with Crippen molar-refractivity contribution in [2.45, 2.75) is 26.3 Å². The molecule has 33 heavy (non-hydrogen) atoms. The zero-order valence-electron chi connectivity index (χ0n) is 17.6. The minimum Gasteiger partial charge on any atom is -0.369 e. The minimum absolute atomic E-state index is 0.0346. The summed E-state index contributed by atoms with van der Waals surface area (Å²) < 4.78 is 19.8. The van der Waals surface area contributed by atoms with E-state index in [1.165, 1.54) is 6.07 Å². The third-order valence-electron chi connectivity index (χ3n) is 4.52. The largest absolute Gasteiger partial charge is 0.369 e. The maximum absolute atomic E-state index is 14.8. The average Bonchev–Trinajstić information content (AvgIpc) is 3.17. The van der Waals surface area contributed by atoms with Gasteiger partial charge in [-0.05, 0) is 41.8 Å². The lowest BCUT2D eigenvalue weighted by atomic mass is 9.96. The van der Waals surface area contributed by atoms with Crippen molar-refractivity contribution in [3.63, 3.8) is 0 Å². The Morgan fingerprint density at radius 2 is 2.09 bits per heavy atom. The lowest BCUT2D eigenvalue weighted by Gasteiger charge is -2.14. The number of rotatable bonds is 6. The Hall–Kier alpha value is -3.50. The topological polar surface area (TPSA) is 142 Å². The molecule has 0 saturated heterocycles. The van der Waals surface area contributed by atoms with Crippen LogP contribution in [0.25, 0.3) is 22.5 Å². The number of halogens is 3. The Labute approximate surface area is 198 Å². The van der Waals surface area contributed by atoms with Crippen LogP contribution in [0, 0.1) is 18.2 Å². The molecule has 2 aromatic carbocycles. The quantitative estimate of drug-likeness (QED) is 0.231. The zero-order valence-corrected chi connectivity index (χ0v) is 19.1. The number of amides is 1. The van der Waals surface area contributed by atoms with Crippen molar-refractivity contribution in [2.24, 2.45) is 10.7 Å². The second kappa shape index (κ2) is 10.4. The van der Waals surface area contributed by atoms with Gasteiger partial charge in [0.15, 0.2) is 0 Å². The van der Waals surface area contributed by atoms with E-state index in [0.29, 0.717) is 27.6 Å². The molecular weight excluding hydrogens is 472 g/mol. The van der Waals surface area contributed by atoms with Crippen molar-refractivity contribution in [2.75, 3.05) is 0 Å². The van der Waals surface area contributed by atoms with Gasteiger partial charge >= 0.3 is 0 Å². The first-order chi connectivity index (χ1) is 15.7. The summed E-state index contributed by atoms with van der Waals surface area (Å²) in [7, 11) is 0. The number of benzene rings is 2. The molecule has 1 amide bonds. The minimum atomic E-state index is -0.597. The number of aryl methyl sites for hydroxylation is 1. The van der Waals surface area contributed by atoms with Crippen molar-refractivity contribution in [3.05, 3.63) is 57.6 Å². The van der Waals surface area contributed by atoms with Crippen molar-refractivity contribution < 1.29 is 13.7 Å². The van der Waals surface area contributed by atoms with Crippen molar-refractivity contribution >= 4 is 41.3 Å². The number of nitrogens with two attached hydrogens (primary N) is 1. The first-order valence-corrected chi connectivity index (χ1v) is 10.4. The van der Waals surface area contributed by atoms with Crippen molar-refractivity contribution in [1.82, 2.24) is 21.0 Å². The highest BCUT2D eigenvalue weighted by molar-refractivity contribution is 6.32. The van der Waals surface area contributed by atoms with Crippen LogP contribution in [0.2, 0.25) is 10.0 Å². The van der Waals surface area contributed by atoms with Gasteiger partial charge in [-0.3, -0.25) is 15.6 Å². The van der Waals surface area contributed by atoms with Gasteiger partial charge in [0.2, 0.25) is 23.6 Å². The maximum atomic E-state index is 14.8. The fourth-order valence-electron chi connectivity index (χ4n) is 3.05. The van der Waals surface area contributed by atoms with Gasteiger partial charge in [-0.25, -0.2) is 9.38 Å². The predicted octanol–water partition coefficient (Wildman–Crippen LogP) is 4.19. The number of aromatic nitrogens is 2. The Morgan fingerprint density at radius 1 is 1.33 bits per heavy atom. The number of guanidine groups is 1. The average molecular weight is 492 g/mol. The summed E-state index contributed by atoms with van der Waals surface area (Å²) in [4.78, 5) is 19.8. The van der Waals surface area contributed by atoms with Gasteiger partial charge in [-0.15, -0.1) is 0 Å². The van der Waals surface area contributed by atoms with Crippen LogP contribution < -0.4 is 16.6 Å². The number of nitrogens with zero attached hydrogens (tertiary/aromatic N) is 3. The van der Waals surface area contributed by atoms with E-state index in [2.05, 4.69) is 26.0 Å². The first kappa shape index (κ1) is 24.1. The van der Waals surface area contributed by atoms with E-state index >= 15 is 0 Å². The summed E-state index contributed by atoms with van der Waals surface area (Å²) in [6.07, 6.45) is 0.879. The molecule has 0 fully saturated rings. The van der Waals surface area contributed by atoms with Crippen molar-refractivity contribution in [1.29, 1.82) is 5.41 Å². The summed E-state index contributed by atoms with van der Waals surface area (Å²) in [5, 5.41) is 11.3. The van der Waals surface area contributed by atoms with Crippen LogP contribution in [-0.4, -0.2) is 28.2 Å². The van der Waals surface area contributed by atoms with E-state index in [9.17, 15) is 9.18 Å². The van der Waals surface area contributed by atoms with Crippen LogP contribution in [0.4, 0.5) is 4.39 Å². The number of hydrogen-bond donors (Lipinski definition) is 4. The molecule has 1 aromatic heterocycles. The summed E-state index contributed by atoms with van der Waals surface area (Å²) in [6.45, 7) is 3.37. The van der Waals surface area contributed by atoms with Gasteiger partial charge < -0.3 is 15.7 Å². The van der Waals surface area contributed by atoms with E-state index < -0.39 is 17.8 Å². The van der Waals surface area contributed by atoms with Crippen LogP contribution >= 0.6 is 23.2 Å². The smallest absolute Gasteiger partial charge is 0.243 e. The van der Waals surface area contributed by atoms with Crippen LogP contribution in [0.15, 0.2) is 39.8 Å². The number of carbonyl (C=O) groups excluding carboxylic acids is 1. The summed E-state index contributed by atoms with van der Waals surface area (Å²) in [6, 6.07) is 7.43. The Morgan fingerprint density at radius 3 is 2.73 bits per heavy atom. The third-order valence-corrected chi connectivity index (χ3v) is 5.06. The molecule has 1 atom stereocenters. The highest BCUT2D eigenvalue weighted by Gasteiger charge is 2.20. The fourth-order valence-corrected chi connectivity index (χ4v) is 3.59. The molecule has 12 heteroatoms. The van der Waals surface area contributed by atoms with Crippen molar-refractivity contribution in [3.8, 4) is 22.5 Å². The monoisotopic (exact) mass is 491 g/mol.